The highest BCUT2D eigenvalue weighted by Gasteiger charge is 2.15. The zero-order valence-corrected chi connectivity index (χ0v) is 14.5. The van der Waals surface area contributed by atoms with Crippen LogP contribution in [0.1, 0.15) is 37.8 Å². The Hall–Kier alpha value is -1.13. The van der Waals surface area contributed by atoms with Crippen LogP contribution in [0.4, 0.5) is 0 Å². The molecular weight excluding hydrogens is 330 g/mol. The molecule has 0 spiro atoms. The molecule has 21 heavy (non-hydrogen) atoms. The minimum Gasteiger partial charge on any atom is -0.391 e. The number of nitrogens with one attached hydrogen (secondary N) is 1. The van der Waals surface area contributed by atoms with Gasteiger partial charge in [-0.25, -0.2) is 0 Å². The quantitative estimate of drug-likeness (QED) is 0.734. The number of hydrogen-bond donors (Lipinski definition) is 2. The van der Waals surface area contributed by atoms with Gasteiger partial charge in [-0.3, -0.25) is 4.79 Å². The fourth-order valence-electron chi connectivity index (χ4n) is 2.20. The monoisotopic (exact) mass is 353 g/mol. The van der Waals surface area contributed by atoms with Crippen LogP contribution in [0.3, 0.4) is 0 Å². The molecule has 0 bridgehead atoms. The number of carbonyl (C=O) groups is 1. The largest absolute Gasteiger partial charge is 0.391 e. The van der Waals surface area contributed by atoms with Crippen molar-refractivity contribution in [2.45, 2.75) is 39.7 Å². The topological polar surface area (TPSA) is 49.3 Å². The maximum absolute atomic E-state index is 11.8. The molecule has 0 aliphatic carbocycles. The van der Waals surface area contributed by atoms with E-state index in [0.717, 1.165) is 28.4 Å². The first-order valence-electron chi connectivity index (χ1n) is 7.38. The maximum Gasteiger partial charge on any atom is 0.244 e. The summed E-state index contributed by atoms with van der Waals surface area (Å²) in [7, 11) is 0. The number of benzene rings is 1. The molecule has 116 valence electrons. The third-order valence-electron chi connectivity index (χ3n) is 3.65. The fraction of sp³-hybridized carbons (Fsp3) is 0.471. The Morgan fingerprint density at radius 3 is 2.62 bits per heavy atom. The van der Waals surface area contributed by atoms with Crippen molar-refractivity contribution in [3.63, 3.8) is 0 Å². The van der Waals surface area contributed by atoms with E-state index in [4.69, 9.17) is 0 Å². The van der Waals surface area contributed by atoms with E-state index in [1.807, 2.05) is 39.0 Å². The molecule has 2 N–H and O–H groups in total. The van der Waals surface area contributed by atoms with Gasteiger partial charge in [0.2, 0.25) is 5.91 Å². The van der Waals surface area contributed by atoms with Crippen molar-refractivity contribution in [3.05, 3.63) is 39.9 Å². The molecule has 0 saturated heterocycles. The van der Waals surface area contributed by atoms with Crippen molar-refractivity contribution >= 4 is 27.9 Å². The molecule has 0 saturated carbocycles. The fourth-order valence-corrected chi connectivity index (χ4v) is 2.82. The normalized spacial score (nSPS) is 12.9. The molecule has 1 rings (SSSR count). The van der Waals surface area contributed by atoms with E-state index < -0.39 is 6.10 Å². The summed E-state index contributed by atoms with van der Waals surface area (Å²) in [6, 6.07) is 5.97. The SMILES string of the molecule is CCC(CC)C(O)CNC(=O)/C=C/c1ccc(C)cc1Br. The van der Waals surface area contributed by atoms with Crippen molar-refractivity contribution in [1.29, 1.82) is 0 Å². The van der Waals surface area contributed by atoms with Gasteiger partial charge in [-0.1, -0.05) is 54.8 Å². The average Bonchev–Trinajstić information content (AvgIpc) is 2.45. The molecule has 1 aromatic rings. The van der Waals surface area contributed by atoms with Crippen molar-refractivity contribution in [2.75, 3.05) is 6.54 Å². The Bertz CT molecular complexity index is 496. The summed E-state index contributed by atoms with van der Waals surface area (Å²) in [5.74, 6) is 0.0491. The van der Waals surface area contributed by atoms with Gasteiger partial charge < -0.3 is 10.4 Å². The van der Waals surface area contributed by atoms with E-state index in [9.17, 15) is 9.90 Å². The van der Waals surface area contributed by atoms with Gasteiger partial charge in [0.1, 0.15) is 0 Å². The van der Waals surface area contributed by atoms with E-state index in [2.05, 4.69) is 21.2 Å². The zero-order valence-electron chi connectivity index (χ0n) is 12.9. The lowest BCUT2D eigenvalue weighted by molar-refractivity contribution is -0.117. The van der Waals surface area contributed by atoms with Gasteiger partial charge in [0.15, 0.2) is 0 Å². The Morgan fingerprint density at radius 2 is 2.05 bits per heavy atom. The third-order valence-corrected chi connectivity index (χ3v) is 4.34. The number of halogens is 1. The van der Waals surface area contributed by atoms with Crippen LogP contribution in [0.15, 0.2) is 28.7 Å². The van der Waals surface area contributed by atoms with E-state index in [-0.39, 0.29) is 11.8 Å². The van der Waals surface area contributed by atoms with E-state index in [1.54, 1.807) is 6.08 Å². The average molecular weight is 354 g/mol. The first-order valence-corrected chi connectivity index (χ1v) is 8.17. The van der Waals surface area contributed by atoms with Crippen molar-refractivity contribution < 1.29 is 9.90 Å². The molecule has 4 heteroatoms. The minimum atomic E-state index is -0.483. The van der Waals surface area contributed by atoms with E-state index >= 15 is 0 Å². The van der Waals surface area contributed by atoms with Gasteiger partial charge in [0.05, 0.1) is 6.10 Å². The Kier molecular flexibility index (Phi) is 7.68. The van der Waals surface area contributed by atoms with Crippen LogP contribution in [0.2, 0.25) is 0 Å². The van der Waals surface area contributed by atoms with Crippen LogP contribution in [-0.2, 0) is 4.79 Å². The van der Waals surface area contributed by atoms with Crippen LogP contribution in [0, 0.1) is 12.8 Å². The predicted octanol–water partition coefficient (Wildman–Crippen LogP) is 3.68. The first-order chi connectivity index (χ1) is 9.97. The molecule has 3 nitrogen and oxygen atoms in total. The molecule has 1 atom stereocenters. The van der Waals surface area contributed by atoms with Crippen LogP contribution in [0.25, 0.3) is 6.08 Å². The van der Waals surface area contributed by atoms with Gasteiger partial charge in [-0.2, -0.15) is 0 Å². The van der Waals surface area contributed by atoms with Gasteiger partial charge in [-0.15, -0.1) is 0 Å². The minimum absolute atomic E-state index is 0.188. The molecule has 0 fully saturated rings. The second-order valence-corrected chi connectivity index (χ2v) is 6.10. The van der Waals surface area contributed by atoms with E-state index in [1.165, 1.54) is 6.08 Å². The summed E-state index contributed by atoms with van der Waals surface area (Å²) < 4.78 is 0.962. The Morgan fingerprint density at radius 1 is 1.38 bits per heavy atom. The molecule has 0 radical (unpaired) electrons. The highest BCUT2D eigenvalue weighted by molar-refractivity contribution is 9.10. The molecular formula is C17H24BrNO2. The van der Waals surface area contributed by atoms with Gasteiger partial charge in [-0.05, 0) is 36.1 Å². The van der Waals surface area contributed by atoms with Gasteiger partial charge in [0.25, 0.3) is 0 Å². The summed E-state index contributed by atoms with van der Waals surface area (Å²) >= 11 is 3.47. The number of aryl methyl sites for hydroxylation is 1. The molecule has 1 aromatic carbocycles. The van der Waals surface area contributed by atoms with Crippen molar-refractivity contribution in [3.8, 4) is 0 Å². The van der Waals surface area contributed by atoms with Crippen molar-refractivity contribution in [1.82, 2.24) is 5.32 Å². The number of hydrogen-bond acceptors (Lipinski definition) is 2. The number of amides is 1. The third kappa shape index (κ3) is 6.02. The number of aliphatic hydroxyl groups is 1. The summed E-state index contributed by atoms with van der Waals surface area (Å²) in [5, 5.41) is 12.7. The second kappa shape index (κ2) is 9.00. The first kappa shape index (κ1) is 17.9. The number of carbonyl (C=O) groups excluding carboxylic acids is 1. The van der Waals surface area contributed by atoms with Crippen LogP contribution >= 0.6 is 15.9 Å². The summed E-state index contributed by atoms with van der Waals surface area (Å²) in [5.41, 5.74) is 2.12. The molecule has 0 aromatic heterocycles. The second-order valence-electron chi connectivity index (χ2n) is 5.25. The smallest absolute Gasteiger partial charge is 0.244 e. The molecule has 0 aliphatic heterocycles. The van der Waals surface area contributed by atoms with Gasteiger partial charge >= 0.3 is 0 Å². The van der Waals surface area contributed by atoms with Crippen LogP contribution in [0.5, 0.6) is 0 Å². The maximum atomic E-state index is 11.8. The number of aliphatic hydroxyl groups excluding tert-OH is 1. The molecule has 0 heterocycles. The standard InChI is InChI=1S/C17H24BrNO2/c1-4-13(5-2)16(20)11-19-17(21)9-8-14-7-6-12(3)10-15(14)18/h6-10,13,16,20H,4-5,11H2,1-3H3,(H,19,21)/b9-8+. The molecule has 1 unspecified atom stereocenters. The summed E-state index contributed by atoms with van der Waals surface area (Å²) in [6.07, 6.45) is 4.61. The summed E-state index contributed by atoms with van der Waals surface area (Å²) in [4.78, 5) is 11.8. The highest BCUT2D eigenvalue weighted by Crippen LogP contribution is 2.19. The van der Waals surface area contributed by atoms with Gasteiger partial charge in [0, 0.05) is 17.1 Å². The lowest BCUT2D eigenvalue weighted by Gasteiger charge is -2.19. The van der Waals surface area contributed by atoms with Crippen molar-refractivity contribution in [2.24, 2.45) is 5.92 Å². The van der Waals surface area contributed by atoms with Crippen LogP contribution in [-0.4, -0.2) is 23.7 Å². The lowest BCUT2D eigenvalue weighted by Crippen LogP contribution is -2.35. The lowest BCUT2D eigenvalue weighted by atomic mass is 9.96. The molecule has 0 aliphatic rings. The Balaban J connectivity index is 2.51. The Labute approximate surface area is 135 Å². The summed E-state index contributed by atoms with van der Waals surface area (Å²) in [6.45, 7) is 6.41. The number of rotatable bonds is 7. The molecule has 1 amide bonds. The van der Waals surface area contributed by atoms with Crippen LogP contribution < -0.4 is 5.32 Å². The zero-order chi connectivity index (χ0) is 15.8. The highest BCUT2D eigenvalue weighted by atomic mass is 79.9. The van der Waals surface area contributed by atoms with E-state index in [0.29, 0.717) is 6.54 Å². The predicted molar refractivity (Wildman–Crippen MR) is 91.0 cm³/mol.